The Hall–Kier alpha value is -1.00. The third kappa shape index (κ3) is 2.51. The summed E-state index contributed by atoms with van der Waals surface area (Å²) < 4.78 is 27.6. The molecule has 1 N–H and O–H groups in total. The average Bonchev–Trinajstić information content (AvgIpc) is 3.11. The molecule has 0 bridgehead atoms. The quantitative estimate of drug-likeness (QED) is 0.866. The van der Waals surface area contributed by atoms with Crippen LogP contribution in [0, 0.1) is 11.6 Å². The molecule has 1 nitrogen and oxygen atoms in total. The van der Waals surface area contributed by atoms with Crippen molar-refractivity contribution in [2.24, 2.45) is 0 Å². The molecule has 0 radical (unpaired) electrons. The van der Waals surface area contributed by atoms with E-state index in [1.165, 1.54) is 35.4 Å². The summed E-state index contributed by atoms with van der Waals surface area (Å²) in [7, 11) is 0. The van der Waals surface area contributed by atoms with Gasteiger partial charge in [-0.3, -0.25) is 0 Å². The molecule has 1 fully saturated rings. The van der Waals surface area contributed by atoms with Crippen LogP contribution in [0.15, 0.2) is 12.1 Å². The van der Waals surface area contributed by atoms with Crippen molar-refractivity contribution in [1.82, 2.24) is 5.32 Å². The van der Waals surface area contributed by atoms with Crippen LogP contribution >= 0.6 is 11.3 Å². The molecule has 1 saturated carbocycles. The van der Waals surface area contributed by atoms with Crippen LogP contribution in [0.25, 0.3) is 10.1 Å². The summed E-state index contributed by atoms with van der Waals surface area (Å²) in [6, 6.07) is 3.11. The monoisotopic (exact) mass is 281 g/mol. The van der Waals surface area contributed by atoms with Gasteiger partial charge in [-0.2, -0.15) is 0 Å². The van der Waals surface area contributed by atoms with Gasteiger partial charge in [0.05, 0.1) is 0 Å². The van der Waals surface area contributed by atoms with E-state index in [1.807, 2.05) is 0 Å². The van der Waals surface area contributed by atoms with Gasteiger partial charge in [0.2, 0.25) is 0 Å². The summed E-state index contributed by atoms with van der Waals surface area (Å²) in [5, 5.41) is 4.31. The smallest absolute Gasteiger partial charge is 0.160 e. The summed E-state index contributed by atoms with van der Waals surface area (Å²) in [6.07, 6.45) is 2.33. The fourth-order valence-corrected chi connectivity index (χ4v) is 3.66. The second-order valence-electron chi connectivity index (χ2n) is 5.51. The Labute approximate surface area is 115 Å². The Kier molecular flexibility index (Phi) is 3.31. The van der Waals surface area contributed by atoms with Crippen molar-refractivity contribution in [3.63, 3.8) is 0 Å². The van der Waals surface area contributed by atoms with Gasteiger partial charge in [-0.15, -0.1) is 11.3 Å². The Morgan fingerprint density at radius 2 is 1.95 bits per heavy atom. The van der Waals surface area contributed by atoms with Crippen LogP contribution in [0.3, 0.4) is 0 Å². The normalized spacial score (nSPS) is 15.6. The van der Waals surface area contributed by atoms with Crippen LogP contribution in [0.4, 0.5) is 8.78 Å². The van der Waals surface area contributed by atoms with Crippen LogP contribution < -0.4 is 5.32 Å². The molecular weight excluding hydrogens is 264 g/mol. The summed E-state index contributed by atoms with van der Waals surface area (Å²) in [5.41, 5.74) is 1.24. The zero-order valence-electron chi connectivity index (χ0n) is 11.1. The molecule has 1 aromatic carbocycles. The first-order valence-electron chi connectivity index (χ1n) is 6.70. The molecule has 1 aromatic heterocycles. The van der Waals surface area contributed by atoms with E-state index in [2.05, 4.69) is 19.2 Å². The van der Waals surface area contributed by atoms with Crippen LogP contribution in [0.2, 0.25) is 0 Å². The van der Waals surface area contributed by atoms with Crippen molar-refractivity contribution in [3.05, 3.63) is 34.2 Å². The molecule has 2 aromatic rings. The number of benzene rings is 1. The summed E-state index contributed by atoms with van der Waals surface area (Å²) >= 11 is 1.59. The molecule has 0 unspecified atom stereocenters. The van der Waals surface area contributed by atoms with Crippen molar-refractivity contribution in [3.8, 4) is 0 Å². The first-order valence-corrected chi connectivity index (χ1v) is 7.51. The summed E-state index contributed by atoms with van der Waals surface area (Å²) in [6.45, 7) is 4.99. The van der Waals surface area contributed by atoms with Gasteiger partial charge in [-0.25, -0.2) is 8.78 Å². The topological polar surface area (TPSA) is 12.0 Å². The minimum atomic E-state index is -0.750. The van der Waals surface area contributed by atoms with Gasteiger partial charge in [-0.05, 0) is 41.8 Å². The van der Waals surface area contributed by atoms with Crippen molar-refractivity contribution >= 4 is 21.4 Å². The van der Waals surface area contributed by atoms with Crippen molar-refractivity contribution in [2.45, 2.75) is 45.2 Å². The standard InChI is InChI=1S/C15H17F2NS/c1-8(2)18-7-14-15(9-3-4-9)10-5-11(16)12(17)6-13(10)19-14/h5-6,8-9,18H,3-4,7H2,1-2H3. The maximum absolute atomic E-state index is 13.4. The fraction of sp³-hybridized carbons (Fsp3) is 0.467. The molecule has 1 heterocycles. The molecule has 19 heavy (non-hydrogen) atoms. The van der Waals surface area contributed by atoms with Gasteiger partial charge in [-0.1, -0.05) is 13.8 Å². The zero-order chi connectivity index (χ0) is 13.6. The Bertz CT molecular complexity index is 614. The predicted molar refractivity (Wildman–Crippen MR) is 75.7 cm³/mol. The van der Waals surface area contributed by atoms with Gasteiger partial charge in [0, 0.05) is 22.2 Å². The molecule has 0 amide bonds. The zero-order valence-corrected chi connectivity index (χ0v) is 11.9. The van der Waals surface area contributed by atoms with Gasteiger partial charge >= 0.3 is 0 Å². The van der Waals surface area contributed by atoms with Gasteiger partial charge in [0.15, 0.2) is 11.6 Å². The number of hydrogen-bond donors (Lipinski definition) is 1. The molecule has 4 heteroatoms. The van der Waals surface area contributed by atoms with Gasteiger partial charge in [0.1, 0.15) is 0 Å². The Morgan fingerprint density at radius 1 is 1.26 bits per heavy atom. The minimum Gasteiger partial charge on any atom is -0.310 e. The maximum Gasteiger partial charge on any atom is 0.160 e. The highest BCUT2D eigenvalue weighted by Gasteiger charge is 2.30. The number of halogens is 2. The Balaban J connectivity index is 2.07. The lowest BCUT2D eigenvalue weighted by Gasteiger charge is -2.08. The van der Waals surface area contributed by atoms with Crippen LogP contribution in [-0.4, -0.2) is 6.04 Å². The Morgan fingerprint density at radius 3 is 2.58 bits per heavy atom. The lowest BCUT2D eigenvalue weighted by Crippen LogP contribution is -2.21. The largest absolute Gasteiger partial charge is 0.310 e. The van der Waals surface area contributed by atoms with E-state index >= 15 is 0 Å². The highest BCUT2D eigenvalue weighted by atomic mass is 32.1. The van der Waals surface area contributed by atoms with Gasteiger partial charge < -0.3 is 5.32 Å². The van der Waals surface area contributed by atoms with E-state index in [1.54, 1.807) is 11.3 Å². The molecule has 0 spiro atoms. The molecule has 0 atom stereocenters. The highest BCUT2D eigenvalue weighted by Crippen LogP contribution is 2.48. The summed E-state index contributed by atoms with van der Waals surface area (Å²) in [5.74, 6) is -0.947. The second-order valence-corrected chi connectivity index (χ2v) is 6.65. The first kappa shape index (κ1) is 13.0. The van der Waals surface area contributed by atoms with E-state index in [0.717, 1.165) is 16.6 Å². The third-order valence-electron chi connectivity index (χ3n) is 3.50. The second kappa shape index (κ2) is 4.84. The number of thiophene rings is 1. The predicted octanol–water partition coefficient (Wildman–Crippen LogP) is 4.55. The number of nitrogens with one attached hydrogen (secondary N) is 1. The molecule has 0 saturated heterocycles. The number of rotatable bonds is 4. The van der Waals surface area contributed by atoms with Crippen molar-refractivity contribution in [2.75, 3.05) is 0 Å². The lowest BCUT2D eigenvalue weighted by molar-refractivity contribution is 0.511. The van der Waals surface area contributed by atoms with E-state index in [4.69, 9.17) is 0 Å². The molecule has 1 aliphatic carbocycles. The lowest BCUT2D eigenvalue weighted by atomic mass is 10.1. The highest BCUT2D eigenvalue weighted by molar-refractivity contribution is 7.19. The SMILES string of the molecule is CC(C)NCc1sc2cc(F)c(F)cc2c1C1CC1. The van der Waals surface area contributed by atoms with Crippen LogP contribution in [-0.2, 0) is 6.54 Å². The van der Waals surface area contributed by atoms with Crippen molar-refractivity contribution < 1.29 is 8.78 Å². The van der Waals surface area contributed by atoms with E-state index in [0.29, 0.717) is 12.0 Å². The van der Waals surface area contributed by atoms with E-state index < -0.39 is 11.6 Å². The summed E-state index contributed by atoms with van der Waals surface area (Å²) in [4.78, 5) is 1.23. The van der Waals surface area contributed by atoms with Crippen LogP contribution in [0.1, 0.15) is 43.0 Å². The molecule has 1 aliphatic rings. The number of hydrogen-bond acceptors (Lipinski definition) is 2. The molecular formula is C15H17F2NS. The average molecular weight is 281 g/mol. The first-order chi connectivity index (χ1) is 9.06. The van der Waals surface area contributed by atoms with Crippen molar-refractivity contribution in [1.29, 1.82) is 0 Å². The third-order valence-corrected chi connectivity index (χ3v) is 4.67. The van der Waals surface area contributed by atoms with E-state index in [-0.39, 0.29) is 0 Å². The van der Waals surface area contributed by atoms with Crippen LogP contribution in [0.5, 0.6) is 0 Å². The maximum atomic E-state index is 13.4. The number of fused-ring (bicyclic) bond motifs is 1. The van der Waals surface area contributed by atoms with E-state index in [9.17, 15) is 8.78 Å². The molecule has 0 aliphatic heterocycles. The molecule has 102 valence electrons. The fourth-order valence-electron chi connectivity index (χ4n) is 2.41. The minimum absolute atomic E-state index is 0.408. The van der Waals surface area contributed by atoms with Gasteiger partial charge in [0.25, 0.3) is 0 Å². The molecule has 3 rings (SSSR count).